The van der Waals surface area contributed by atoms with E-state index >= 15 is 0 Å². The molecule has 0 aliphatic rings. The van der Waals surface area contributed by atoms with Gasteiger partial charge < -0.3 is 10.2 Å². The number of benzene rings is 4. The van der Waals surface area contributed by atoms with Gasteiger partial charge in [0, 0.05) is 31.1 Å². The fourth-order valence-electron chi connectivity index (χ4n) is 4.96. The first-order valence-corrected chi connectivity index (χ1v) is 16.5. The molecule has 0 saturated carbocycles. The highest BCUT2D eigenvalue weighted by molar-refractivity contribution is 7.92. The van der Waals surface area contributed by atoms with Crippen molar-refractivity contribution in [2.75, 3.05) is 10.8 Å². The summed E-state index contributed by atoms with van der Waals surface area (Å²) in [5, 5.41) is 14.3. The van der Waals surface area contributed by atoms with Gasteiger partial charge in [-0.2, -0.15) is 0 Å². The van der Waals surface area contributed by atoms with E-state index in [1.807, 2.05) is 75.4 Å². The number of hydrogen-bond acceptors (Lipinski definition) is 6. The lowest BCUT2D eigenvalue weighted by atomic mass is 10.0. The first-order chi connectivity index (χ1) is 22.0. The molecule has 10 nitrogen and oxygen atoms in total. The molecule has 0 bridgehead atoms. The second kappa shape index (κ2) is 15.3. The van der Waals surface area contributed by atoms with Gasteiger partial charge in [-0.05, 0) is 61.2 Å². The van der Waals surface area contributed by atoms with Crippen LogP contribution in [0.5, 0.6) is 0 Å². The molecule has 4 aromatic carbocycles. The molecule has 2 amide bonds. The Balaban J connectivity index is 1.82. The van der Waals surface area contributed by atoms with Gasteiger partial charge in [0.2, 0.25) is 11.8 Å². The summed E-state index contributed by atoms with van der Waals surface area (Å²) in [5.74, 6) is -0.964. The Morgan fingerprint density at radius 3 is 2.04 bits per heavy atom. The lowest BCUT2D eigenvalue weighted by Crippen LogP contribution is -2.54. The zero-order valence-electron chi connectivity index (χ0n) is 26.1. The van der Waals surface area contributed by atoms with E-state index in [1.54, 1.807) is 18.2 Å². The normalized spacial score (nSPS) is 12.5. The molecule has 0 heterocycles. The molecular formula is C35H38N4O6S. The van der Waals surface area contributed by atoms with Crippen molar-refractivity contribution < 1.29 is 22.9 Å². The maximum absolute atomic E-state index is 14.5. The summed E-state index contributed by atoms with van der Waals surface area (Å²) in [5.41, 5.74) is 2.39. The molecule has 46 heavy (non-hydrogen) atoms. The molecule has 4 aromatic rings. The Morgan fingerprint density at radius 1 is 0.870 bits per heavy atom. The summed E-state index contributed by atoms with van der Waals surface area (Å²) >= 11 is 0. The highest BCUT2D eigenvalue weighted by Gasteiger charge is 2.35. The van der Waals surface area contributed by atoms with Crippen molar-refractivity contribution in [1.82, 2.24) is 10.2 Å². The van der Waals surface area contributed by atoms with E-state index in [2.05, 4.69) is 5.32 Å². The fourth-order valence-corrected chi connectivity index (χ4v) is 6.39. The first kappa shape index (κ1) is 33.9. The molecule has 240 valence electrons. The number of nitro benzene ring substituents is 1. The topological polar surface area (TPSA) is 130 Å². The van der Waals surface area contributed by atoms with Gasteiger partial charge >= 0.3 is 0 Å². The number of sulfonamides is 1. The van der Waals surface area contributed by atoms with Crippen LogP contribution in [-0.2, 0) is 32.6 Å². The fraction of sp³-hybridized carbons (Fsp3) is 0.257. The summed E-state index contributed by atoms with van der Waals surface area (Å²) in [6, 6.07) is 28.4. The zero-order chi connectivity index (χ0) is 33.3. The van der Waals surface area contributed by atoms with E-state index in [0.717, 1.165) is 21.0 Å². The Labute approximate surface area is 269 Å². The number of rotatable bonds is 14. The maximum atomic E-state index is 14.5. The molecule has 0 aliphatic heterocycles. The molecule has 1 N–H and O–H groups in total. The van der Waals surface area contributed by atoms with Crippen LogP contribution >= 0.6 is 0 Å². The number of nitrogens with one attached hydrogen (secondary N) is 1. The van der Waals surface area contributed by atoms with Gasteiger partial charge in [-0.1, -0.05) is 79.7 Å². The molecule has 0 saturated heterocycles. The van der Waals surface area contributed by atoms with Crippen LogP contribution in [0, 0.1) is 17.0 Å². The average molecular weight is 643 g/mol. The van der Waals surface area contributed by atoms with Crippen LogP contribution in [0.15, 0.2) is 114 Å². The van der Waals surface area contributed by atoms with Crippen molar-refractivity contribution in [1.29, 1.82) is 0 Å². The van der Waals surface area contributed by atoms with E-state index in [-0.39, 0.29) is 41.2 Å². The number of aryl methyl sites for hydroxylation is 1. The molecular weight excluding hydrogens is 604 g/mol. The van der Waals surface area contributed by atoms with Gasteiger partial charge in [0.1, 0.15) is 12.6 Å². The molecule has 11 heteroatoms. The van der Waals surface area contributed by atoms with Gasteiger partial charge in [0.05, 0.1) is 15.5 Å². The minimum absolute atomic E-state index is 0.0520. The van der Waals surface area contributed by atoms with Crippen LogP contribution in [0.25, 0.3) is 0 Å². The number of carbonyl (C=O) groups is 2. The van der Waals surface area contributed by atoms with Crippen LogP contribution in [-0.4, -0.2) is 48.7 Å². The first-order valence-electron chi connectivity index (χ1n) is 15.0. The van der Waals surface area contributed by atoms with Crippen LogP contribution in [0.1, 0.15) is 37.0 Å². The van der Waals surface area contributed by atoms with Crippen LogP contribution in [0.3, 0.4) is 0 Å². The smallest absolute Gasteiger partial charge is 0.269 e. The third kappa shape index (κ3) is 8.36. The van der Waals surface area contributed by atoms with Crippen molar-refractivity contribution in [3.63, 3.8) is 0 Å². The lowest BCUT2D eigenvalue weighted by molar-refractivity contribution is -0.384. The van der Waals surface area contributed by atoms with Crippen LogP contribution < -0.4 is 9.62 Å². The van der Waals surface area contributed by atoms with Crippen LogP contribution in [0.2, 0.25) is 0 Å². The summed E-state index contributed by atoms with van der Waals surface area (Å²) in [6.07, 6.45) is 0.877. The SMILES string of the molecule is CC[C@H](C)NC(=O)[C@H](Cc1ccccc1)N(Cc1ccccc1C)C(=O)CN(c1ccc([N+](=O)[O-])cc1)S(=O)(=O)c1ccccc1. The van der Waals surface area contributed by atoms with Gasteiger partial charge in [0.15, 0.2) is 0 Å². The second-order valence-corrected chi connectivity index (χ2v) is 12.9. The Hall–Kier alpha value is -5.03. The quantitative estimate of drug-likeness (QED) is 0.140. The largest absolute Gasteiger partial charge is 0.352 e. The monoisotopic (exact) mass is 642 g/mol. The number of nitrogens with zero attached hydrogens (tertiary/aromatic N) is 3. The van der Waals surface area contributed by atoms with Crippen molar-refractivity contribution in [2.24, 2.45) is 0 Å². The molecule has 0 aromatic heterocycles. The Morgan fingerprint density at radius 2 is 1.46 bits per heavy atom. The molecule has 0 radical (unpaired) electrons. The molecule has 4 rings (SSSR count). The van der Waals surface area contributed by atoms with Gasteiger partial charge in [0.25, 0.3) is 15.7 Å². The van der Waals surface area contributed by atoms with Crippen molar-refractivity contribution >= 4 is 33.2 Å². The van der Waals surface area contributed by atoms with Gasteiger partial charge in [-0.15, -0.1) is 0 Å². The van der Waals surface area contributed by atoms with Crippen molar-refractivity contribution in [3.05, 3.63) is 136 Å². The zero-order valence-corrected chi connectivity index (χ0v) is 26.9. The predicted molar refractivity (Wildman–Crippen MR) is 178 cm³/mol. The molecule has 0 fully saturated rings. The van der Waals surface area contributed by atoms with Crippen molar-refractivity contribution in [3.8, 4) is 0 Å². The third-order valence-electron chi connectivity index (χ3n) is 7.83. The highest BCUT2D eigenvalue weighted by Crippen LogP contribution is 2.27. The minimum atomic E-state index is -4.31. The number of carbonyl (C=O) groups excluding carboxylic acids is 2. The summed E-state index contributed by atoms with van der Waals surface area (Å²) < 4.78 is 29.0. The van der Waals surface area contributed by atoms with E-state index in [1.165, 1.54) is 41.3 Å². The predicted octanol–water partition coefficient (Wildman–Crippen LogP) is 5.65. The summed E-state index contributed by atoms with van der Waals surface area (Å²) in [4.78, 5) is 40.6. The maximum Gasteiger partial charge on any atom is 0.269 e. The number of non-ortho nitro benzene ring substituents is 1. The van der Waals surface area contributed by atoms with E-state index in [9.17, 15) is 28.1 Å². The number of amides is 2. The highest BCUT2D eigenvalue weighted by atomic mass is 32.2. The standard InChI is InChI=1S/C35H38N4O6S/c1-4-27(3)36-35(41)33(23-28-14-7-5-8-15-28)37(24-29-16-12-11-13-26(29)2)34(40)25-38(30-19-21-31(22-20-30)39(42)43)46(44,45)32-17-9-6-10-18-32/h5-22,27,33H,4,23-25H2,1-3H3,(H,36,41)/t27-,33-/m0/s1. The number of anilines is 1. The van der Waals surface area contributed by atoms with Crippen molar-refractivity contribution in [2.45, 2.75) is 57.1 Å². The van der Waals surface area contributed by atoms with E-state index < -0.39 is 33.4 Å². The summed E-state index contributed by atoms with van der Waals surface area (Å²) in [6.45, 7) is 5.14. The van der Waals surface area contributed by atoms with Gasteiger partial charge in [-0.3, -0.25) is 24.0 Å². The number of hydrogen-bond donors (Lipinski definition) is 1. The third-order valence-corrected chi connectivity index (χ3v) is 9.62. The lowest BCUT2D eigenvalue weighted by Gasteiger charge is -2.34. The molecule has 2 atom stereocenters. The number of nitro groups is 1. The second-order valence-electron chi connectivity index (χ2n) is 11.1. The Bertz CT molecular complexity index is 1750. The average Bonchev–Trinajstić information content (AvgIpc) is 3.06. The molecule has 0 aliphatic carbocycles. The van der Waals surface area contributed by atoms with Crippen LogP contribution in [0.4, 0.5) is 11.4 Å². The Kier molecular flexibility index (Phi) is 11.3. The molecule has 0 unspecified atom stereocenters. The molecule has 0 spiro atoms. The summed E-state index contributed by atoms with van der Waals surface area (Å²) in [7, 11) is -4.31. The van der Waals surface area contributed by atoms with Gasteiger partial charge in [-0.25, -0.2) is 8.42 Å². The van der Waals surface area contributed by atoms with E-state index in [0.29, 0.717) is 6.42 Å². The van der Waals surface area contributed by atoms with E-state index in [4.69, 9.17) is 0 Å². The minimum Gasteiger partial charge on any atom is -0.352 e.